The third-order valence-corrected chi connectivity index (χ3v) is 5.64. The molecule has 1 fully saturated rings. The summed E-state index contributed by atoms with van der Waals surface area (Å²) in [4.78, 5) is 29.3. The van der Waals surface area contributed by atoms with E-state index in [1.165, 1.54) is 12.1 Å². The molecule has 3 N–H and O–H groups in total. The summed E-state index contributed by atoms with van der Waals surface area (Å²) in [6, 6.07) is 7.87. The minimum absolute atomic E-state index is 0.0167. The van der Waals surface area contributed by atoms with Gasteiger partial charge in [-0.1, -0.05) is 12.1 Å². The van der Waals surface area contributed by atoms with Crippen molar-refractivity contribution in [2.45, 2.75) is 25.9 Å². The molecule has 156 valence electrons. The van der Waals surface area contributed by atoms with Crippen molar-refractivity contribution in [1.82, 2.24) is 14.5 Å². The highest BCUT2D eigenvalue weighted by Crippen LogP contribution is 2.26. The van der Waals surface area contributed by atoms with Gasteiger partial charge in [-0.15, -0.1) is 0 Å². The van der Waals surface area contributed by atoms with E-state index in [0.29, 0.717) is 19.6 Å². The van der Waals surface area contributed by atoms with Crippen LogP contribution in [0.1, 0.15) is 34.5 Å². The molecule has 1 saturated heterocycles. The molecule has 4 rings (SSSR count). The molecular formula is C22H23FN4O3. The molecule has 0 saturated carbocycles. The fraction of sp³-hybridized carbons (Fsp3) is 0.318. The van der Waals surface area contributed by atoms with Crippen molar-refractivity contribution >= 4 is 22.8 Å². The van der Waals surface area contributed by atoms with E-state index in [1.54, 1.807) is 24.4 Å². The number of carbonyl (C=O) groups is 2. The van der Waals surface area contributed by atoms with Crippen molar-refractivity contribution in [3.8, 4) is 0 Å². The van der Waals surface area contributed by atoms with Gasteiger partial charge in [-0.25, -0.2) is 14.2 Å². The molecule has 3 heterocycles. The summed E-state index contributed by atoms with van der Waals surface area (Å²) in [5, 5.41) is 10.2. The summed E-state index contributed by atoms with van der Waals surface area (Å²) in [6.45, 7) is 2.54. The third kappa shape index (κ3) is 4.18. The van der Waals surface area contributed by atoms with Crippen LogP contribution in [0.4, 0.5) is 4.39 Å². The number of nitrogens with zero attached hydrogens (tertiary/aromatic N) is 3. The molecular weight excluding hydrogens is 387 g/mol. The number of piperidine rings is 1. The molecule has 1 aromatic carbocycles. The number of carboxylic acids is 1. The maximum Gasteiger partial charge on any atom is 0.354 e. The Balaban J connectivity index is 1.68. The number of hydrogen-bond donors (Lipinski definition) is 2. The van der Waals surface area contributed by atoms with Crippen molar-refractivity contribution in [1.29, 1.82) is 0 Å². The molecule has 0 spiro atoms. The van der Waals surface area contributed by atoms with E-state index >= 15 is 0 Å². The van der Waals surface area contributed by atoms with Crippen LogP contribution >= 0.6 is 0 Å². The van der Waals surface area contributed by atoms with Gasteiger partial charge in [-0.05, 0) is 48.7 Å². The lowest BCUT2D eigenvalue weighted by molar-refractivity contribution is -0.123. The molecule has 3 aromatic rings. The van der Waals surface area contributed by atoms with Gasteiger partial charge in [-0.2, -0.15) is 0 Å². The molecule has 1 aliphatic heterocycles. The summed E-state index contributed by atoms with van der Waals surface area (Å²) in [7, 11) is 0. The van der Waals surface area contributed by atoms with E-state index in [9.17, 15) is 19.1 Å². The standard InChI is InChI=1S/C22H23FN4O3/c23-17-5-3-14(4-6-17)10-27-13-16(12-26-7-1-2-15(11-26)21(24)28)18-8-19(22(29)30)25-9-20(18)27/h3-6,8-9,13,15H,1-2,7,10-12H2,(H2,24,28)(H,29,30)/t15-/m0/s1. The number of aromatic nitrogens is 2. The molecule has 0 unspecified atom stereocenters. The number of fused-ring (bicyclic) bond motifs is 1. The van der Waals surface area contributed by atoms with Crippen LogP contribution in [0.5, 0.6) is 0 Å². The van der Waals surface area contributed by atoms with Gasteiger partial charge < -0.3 is 15.4 Å². The fourth-order valence-electron chi connectivity index (χ4n) is 4.09. The number of nitrogens with two attached hydrogens (primary N) is 1. The molecule has 7 nitrogen and oxygen atoms in total. The van der Waals surface area contributed by atoms with Crippen molar-refractivity contribution in [2.75, 3.05) is 13.1 Å². The number of carboxylic acid groups (broad SMARTS) is 1. The van der Waals surface area contributed by atoms with Crippen molar-refractivity contribution < 1.29 is 19.1 Å². The zero-order valence-electron chi connectivity index (χ0n) is 16.4. The lowest BCUT2D eigenvalue weighted by Crippen LogP contribution is -2.40. The van der Waals surface area contributed by atoms with Crippen LogP contribution in [-0.4, -0.2) is 44.5 Å². The average Bonchev–Trinajstić information content (AvgIpc) is 3.06. The minimum atomic E-state index is -1.08. The number of carbonyl (C=O) groups excluding carboxylic acids is 1. The van der Waals surface area contributed by atoms with E-state index in [4.69, 9.17) is 5.73 Å². The molecule has 0 radical (unpaired) electrons. The number of rotatable bonds is 6. The Morgan fingerprint density at radius 1 is 1.23 bits per heavy atom. The summed E-state index contributed by atoms with van der Waals surface area (Å²) in [5.41, 5.74) is 8.17. The highest BCUT2D eigenvalue weighted by atomic mass is 19.1. The number of benzene rings is 1. The summed E-state index contributed by atoms with van der Waals surface area (Å²) >= 11 is 0. The second-order valence-electron chi connectivity index (χ2n) is 7.78. The third-order valence-electron chi connectivity index (χ3n) is 5.64. The Bertz CT molecular complexity index is 1090. The van der Waals surface area contributed by atoms with Gasteiger partial charge in [0.25, 0.3) is 0 Å². The van der Waals surface area contributed by atoms with Gasteiger partial charge in [0.05, 0.1) is 17.6 Å². The first kappa shape index (κ1) is 20.0. The number of halogens is 1. The van der Waals surface area contributed by atoms with Crippen LogP contribution in [0.2, 0.25) is 0 Å². The van der Waals surface area contributed by atoms with E-state index in [1.807, 2.05) is 10.8 Å². The van der Waals surface area contributed by atoms with Gasteiger partial charge >= 0.3 is 5.97 Å². The van der Waals surface area contributed by atoms with Crippen LogP contribution in [0.15, 0.2) is 42.7 Å². The number of likely N-dealkylation sites (tertiary alicyclic amines) is 1. The largest absolute Gasteiger partial charge is 0.477 e. The smallest absolute Gasteiger partial charge is 0.354 e. The van der Waals surface area contributed by atoms with E-state index in [0.717, 1.165) is 41.4 Å². The van der Waals surface area contributed by atoms with Crippen molar-refractivity contribution in [3.05, 3.63) is 65.4 Å². The van der Waals surface area contributed by atoms with Gasteiger partial charge in [0.15, 0.2) is 0 Å². The SMILES string of the molecule is NC(=O)[C@H]1CCCN(Cc2cn(Cc3ccc(F)cc3)c3cnc(C(=O)O)cc23)C1. The monoisotopic (exact) mass is 410 g/mol. The number of amides is 1. The normalized spacial score (nSPS) is 17.3. The van der Waals surface area contributed by atoms with E-state index < -0.39 is 5.97 Å². The molecule has 1 aliphatic rings. The van der Waals surface area contributed by atoms with E-state index in [2.05, 4.69) is 9.88 Å². The number of hydrogen-bond acceptors (Lipinski definition) is 4. The Kier molecular flexibility index (Phi) is 5.50. The minimum Gasteiger partial charge on any atom is -0.477 e. The number of aromatic carboxylic acids is 1. The van der Waals surface area contributed by atoms with Gasteiger partial charge in [0.2, 0.25) is 5.91 Å². The maximum absolute atomic E-state index is 13.2. The first-order valence-electron chi connectivity index (χ1n) is 9.88. The maximum atomic E-state index is 13.2. The Hall–Kier alpha value is -3.26. The number of pyridine rings is 1. The quantitative estimate of drug-likeness (QED) is 0.651. The average molecular weight is 410 g/mol. The highest BCUT2D eigenvalue weighted by molar-refractivity contribution is 5.92. The summed E-state index contributed by atoms with van der Waals surface area (Å²) in [6.07, 6.45) is 5.23. The Labute approximate surface area is 172 Å². The predicted molar refractivity (Wildman–Crippen MR) is 109 cm³/mol. The lowest BCUT2D eigenvalue weighted by atomic mass is 9.97. The van der Waals surface area contributed by atoms with Gasteiger partial charge in [-0.3, -0.25) is 9.69 Å². The lowest BCUT2D eigenvalue weighted by Gasteiger charge is -2.30. The van der Waals surface area contributed by atoms with Crippen LogP contribution in [0, 0.1) is 11.7 Å². The second-order valence-corrected chi connectivity index (χ2v) is 7.78. The van der Waals surface area contributed by atoms with Crippen molar-refractivity contribution in [2.24, 2.45) is 11.7 Å². The molecule has 1 amide bonds. The zero-order chi connectivity index (χ0) is 21.3. The van der Waals surface area contributed by atoms with Crippen LogP contribution < -0.4 is 5.73 Å². The van der Waals surface area contributed by atoms with Crippen LogP contribution in [-0.2, 0) is 17.9 Å². The zero-order valence-corrected chi connectivity index (χ0v) is 16.4. The van der Waals surface area contributed by atoms with Gasteiger partial charge in [0, 0.05) is 31.2 Å². The molecule has 8 heteroatoms. The summed E-state index contributed by atoms with van der Waals surface area (Å²) in [5.74, 6) is -1.82. The first-order valence-corrected chi connectivity index (χ1v) is 9.88. The second kappa shape index (κ2) is 8.23. The summed E-state index contributed by atoms with van der Waals surface area (Å²) < 4.78 is 15.2. The molecule has 0 aliphatic carbocycles. The van der Waals surface area contributed by atoms with Crippen LogP contribution in [0.3, 0.4) is 0 Å². The molecule has 1 atom stereocenters. The number of primary amides is 1. The van der Waals surface area contributed by atoms with Crippen LogP contribution in [0.25, 0.3) is 10.9 Å². The van der Waals surface area contributed by atoms with Gasteiger partial charge in [0.1, 0.15) is 11.5 Å². The first-order chi connectivity index (χ1) is 14.4. The Morgan fingerprint density at radius 2 is 2.00 bits per heavy atom. The topological polar surface area (TPSA) is 101 Å². The predicted octanol–water partition coefficient (Wildman–Crippen LogP) is 2.62. The molecule has 30 heavy (non-hydrogen) atoms. The van der Waals surface area contributed by atoms with E-state index in [-0.39, 0.29) is 23.3 Å². The molecule has 0 bridgehead atoms. The highest BCUT2D eigenvalue weighted by Gasteiger charge is 2.25. The van der Waals surface area contributed by atoms with Crippen molar-refractivity contribution in [3.63, 3.8) is 0 Å². The Morgan fingerprint density at radius 3 is 2.70 bits per heavy atom. The fourth-order valence-corrected chi connectivity index (χ4v) is 4.09. The molecule has 2 aromatic heterocycles.